The number of unbranched alkanes of at least 4 members (excludes halogenated alkanes) is 21. The van der Waals surface area contributed by atoms with Gasteiger partial charge in [-0.2, -0.15) is 0 Å². The fourth-order valence-corrected chi connectivity index (χ4v) is 6.58. The molecule has 310 valence electrons. The van der Waals surface area contributed by atoms with E-state index in [0.29, 0.717) is 12.8 Å². The van der Waals surface area contributed by atoms with Crippen LogP contribution in [-0.4, -0.2) is 49.3 Å². The molecule has 0 heterocycles. The van der Waals surface area contributed by atoms with E-state index in [1.807, 2.05) is 0 Å². The predicted octanol–water partition coefficient (Wildman–Crippen LogP) is 12.2. The van der Waals surface area contributed by atoms with Crippen molar-refractivity contribution in [3.05, 3.63) is 36.5 Å². The number of hydrogen-bond donors (Lipinski definition) is 2. The lowest BCUT2D eigenvalue weighted by Crippen LogP contribution is -2.29. The van der Waals surface area contributed by atoms with Gasteiger partial charge in [-0.1, -0.05) is 166 Å². The molecule has 0 bridgehead atoms. The SMILES string of the molecule is CCCCCC=CCC=CCC=CCCCCC(=O)OCC(COP(=O)(O)OCCN)OC(=O)CCCCCCCCCCCCCCCCCCC. The molecular formula is C43H80NO8P. The molecule has 0 aliphatic carbocycles. The summed E-state index contributed by atoms with van der Waals surface area (Å²) in [6.45, 7) is 3.67. The summed E-state index contributed by atoms with van der Waals surface area (Å²) in [6, 6.07) is 0. The Kier molecular flexibility index (Phi) is 38.6. The van der Waals surface area contributed by atoms with Crippen LogP contribution in [0.1, 0.15) is 194 Å². The Hall–Kier alpha value is -1.77. The number of carbonyl (C=O) groups excluding carboxylic acids is 2. The fourth-order valence-electron chi connectivity index (χ4n) is 5.82. The second kappa shape index (κ2) is 39.9. The normalized spacial score (nSPS) is 13.7. The van der Waals surface area contributed by atoms with Crippen molar-refractivity contribution in [2.45, 2.75) is 200 Å². The maximum Gasteiger partial charge on any atom is 0.472 e. The lowest BCUT2D eigenvalue weighted by Gasteiger charge is -2.19. The van der Waals surface area contributed by atoms with Crippen molar-refractivity contribution in [2.75, 3.05) is 26.4 Å². The van der Waals surface area contributed by atoms with Gasteiger partial charge in [0.2, 0.25) is 0 Å². The van der Waals surface area contributed by atoms with Gasteiger partial charge in [0, 0.05) is 19.4 Å². The highest BCUT2D eigenvalue weighted by Crippen LogP contribution is 2.43. The van der Waals surface area contributed by atoms with Gasteiger partial charge in [-0.15, -0.1) is 0 Å². The average molecular weight is 770 g/mol. The van der Waals surface area contributed by atoms with Gasteiger partial charge in [0.25, 0.3) is 0 Å². The Labute approximate surface area is 324 Å². The van der Waals surface area contributed by atoms with Gasteiger partial charge in [0.05, 0.1) is 13.2 Å². The lowest BCUT2D eigenvalue weighted by atomic mass is 10.0. The van der Waals surface area contributed by atoms with Crippen molar-refractivity contribution in [1.29, 1.82) is 0 Å². The van der Waals surface area contributed by atoms with E-state index in [2.05, 4.69) is 50.3 Å². The Bertz CT molecular complexity index is 970. The standard InChI is InChI=1S/C43H80NO8P/c1-3-5-7-9-11-13-15-17-19-20-22-24-26-28-30-32-34-36-43(46)52-41(40-51-53(47,48)50-38-37-44)39-49-42(45)35-33-31-29-27-25-23-21-18-16-14-12-10-8-6-4-2/h12,14,18,21,25,27,41H,3-11,13,15-17,19-20,22-24,26,28-40,44H2,1-2H3,(H,47,48). The fraction of sp³-hybridized carbons (Fsp3) is 0.814. The van der Waals surface area contributed by atoms with E-state index in [1.165, 1.54) is 109 Å². The monoisotopic (exact) mass is 770 g/mol. The zero-order chi connectivity index (χ0) is 38.9. The molecule has 0 fully saturated rings. The molecule has 0 rings (SSSR count). The van der Waals surface area contributed by atoms with E-state index in [9.17, 15) is 19.0 Å². The van der Waals surface area contributed by atoms with Crippen LogP contribution in [0.5, 0.6) is 0 Å². The Morgan fingerprint density at radius 2 is 0.981 bits per heavy atom. The first-order chi connectivity index (χ1) is 25.8. The lowest BCUT2D eigenvalue weighted by molar-refractivity contribution is -0.161. The Balaban J connectivity index is 4.20. The predicted molar refractivity (Wildman–Crippen MR) is 220 cm³/mol. The molecule has 53 heavy (non-hydrogen) atoms. The molecule has 0 aliphatic rings. The van der Waals surface area contributed by atoms with Crippen LogP contribution in [0.3, 0.4) is 0 Å². The minimum Gasteiger partial charge on any atom is -0.462 e. The quantitative estimate of drug-likeness (QED) is 0.0270. The summed E-state index contributed by atoms with van der Waals surface area (Å²) in [5.74, 6) is -0.868. The molecule has 0 aromatic rings. The van der Waals surface area contributed by atoms with Crippen molar-refractivity contribution in [2.24, 2.45) is 5.73 Å². The van der Waals surface area contributed by atoms with E-state index in [4.69, 9.17) is 24.3 Å². The minimum atomic E-state index is -4.38. The first-order valence-corrected chi connectivity index (χ1v) is 23.0. The maximum atomic E-state index is 12.6. The van der Waals surface area contributed by atoms with Crippen LogP contribution in [0.2, 0.25) is 0 Å². The summed E-state index contributed by atoms with van der Waals surface area (Å²) in [4.78, 5) is 34.8. The third-order valence-corrected chi connectivity index (χ3v) is 10.0. The van der Waals surface area contributed by atoms with Crippen molar-refractivity contribution in [3.8, 4) is 0 Å². The Morgan fingerprint density at radius 3 is 1.49 bits per heavy atom. The number of allylic oxidation sites excluding steroid dienone is 6. The van der Waals surface area contributed by atoms with Gasteiger partial charge in [0.15, 0.2) is 6.10 Å². The van der Waals surface area contributed by atoms with Crippen molar-refractivity contribution < 1.29 is 37.6 Å². The van der Waals surface area contributed by atoms with Gasteiger partial charge >= 0.3 is 19.8 Å². The number of phosphoric acid groups is 1. The average Bonchev–Trinajstić information content (AvgIpc) is 3.14. The molecule has 0 aliphatic heterocycles. The third-order valence-electron chi connectivity index (χ3n) is 9.03. The number of nitrogens with two attached hydrogens (primary N) is 1. The topological polar surface area (TPSA) is 134 Å². The summed E-state index contributed by atoms with van der Waals surface area (Å²) in [5.41, 5.74) is 5.34. The van der Waals surface area contributed by atoms with Crippen molar-refractivity contribution in [3.63, 3.8) is 0 Å². The first-order valence-electron chi connectivity index (χ1n) is 21.5. The molecule has 9 nitrogen and oxygen atoms in total. The summed E-state index contributed by atoms with van der Waals surface area (Å²) in [7, 11) is -4.38. The second-order valence-corrected chi connectivity index (χ2v) is 15.7. The van der Waals surface area contributed by atoms with Crippen LogP contribution >= 0.6 is 7.82 Å². The summed E-state index contributed by atoms with van der Waals surface area (Å²) in [6.07, 6.45) is 43.2. The highest BCUT2D eigenvalue weighted by Gasteiger charge is 2.26. The van der Waals surface area contributed by atoms with Crippen LogP contribution in [-0.2, 0) is 32.7 Å². The number of phosphoric ester groups is 1. The highest BCUT2D eigenvalue weighted by molar-refractivity contribution is 7.47. The molecule has 0 radical (unpaired) electrons. The molecule has 0 aromatic heterocycles. The second-order valence-electron chi connectivity index (χ2n) is 14.2. The van der Waals surface area contributed by atoms with Gasteiger partial charge in [-0.3, -0.25) is 18.6 Å². The van der Waals surface area contributed by atoms with Crippen LogP contribution in [0.15, 0.2) is 36.5 Å². The number of esters is 2. The van der Waals surface area contributed by atoms with Gasteiger partial charge in [-0.25, -0.2) is 4.57 Å². The summed E-state index contributed by atoms with van der Waals surface area (Å²) < 4.78 is 32.7. The van der Waals surface area contributed by atoms with Gasteiger partial charge in [-0.05, 0) is 51.4 Å². The molecular weight excluding hydrogens is 689 g/mol. The van der Waals surface area contributed by atoms with E-state index in [-0.39, 0.29) is 32.6 Å². The number of hydrogen-bond acceptors (Lipinski definition) is 8. The third kappa shape index (κ3) is 39.7. The van der Waals surface area contributed by atoms with Crippen molar-refractivity contribution in [1.82, 2.24) is 0 Å². The van der Waals surface area contributed by atoms with Crippen molar-refractivity contribution >= 4 is 19.8 Å². The van der Waals surface area contributed by atoms with E-state index < -0.39 is 32.5 Å². The Morgan fingerprint density at radius 1 is 0.566 bits per heavy atom. The maximum absolute atomic E-state index is 12.6. The van der Waals surface area contributed by atoms with Gasteiger partial charge in [0.1, 0.15) is 6.61 Å². The summed E-state index contributed by atoms with van der Waals surface area (Å²) >= 11 is 0. The smallest absolute Gasteiger partial charge is 0.462 e. The molecule has 10 heteroatoms. The largest absolute Gasteiger partial charge is 0.472 e. The molecule has 0 spiro atoms. The molecule has 0 saturated carbocycles. The van der Waals surface area contributed by atoms with E-state index >= 15 is 0 Å². The zero-order valence-corrected chi connectivity index (χ0v) is 34.9. The van der Waals surface area contributed by atoms with Gasteiger partial charge < -0.3 is 20.1 Å². The molecule has 0 aromatic carbocycles. The number of carbonyl (C=O) groups is 2. The molecule has 3 N–H and O–H groups in total. The van der Waals surface area contributed by atoms with Crippen LogP contribution in [0.25, 0.3) is 0 Å². The molecule has 2 atom stereocenters. The number of rotatable bonds is 40. The number of ether oxygens (including phenoxy) is 2. The van der Waals surface area contributed by atoms with E-state index in [0.717, 1.165) is 44.9 Å². The summed E-state index contributed by atoms with van der Waals surface area (Å²) in [5, 5.41) is 0. The van der Waals surface area contributed by atoms with E-state index in [1.54, 1.807) is 0 Å². The minimum absolute atomic E-state index is 0.0489. The highest BCUT2D eigenvalue weighted by atomic mass is 31.2. The first kappa shape index (κ1) is 51.2. The van der Waals surface area contributed by atoms with Crippen LogP contribution in [0, 0.1) is 0 Å². The molecule has 0 amide bonds. The zero-order valence-electron chi connectivity index (χ0n) is 34.0. The molecule has 2 unspecified atom stereocenters. The van der Waals surface area contributed by atoms with Crippen LogP contribution in [0.4, 0.5) is 0 Å². The van der Waals surface area contributed by atoms with Crippen LogP contribution < -0.4 is 5.73 Å². The molecule has 0 saturated heterocycles.